The van der Waals surface area contributed by atoms with Crippen molar-refractivity contribution in [2.45, 2.75) is 13.0 Å². The monoisotopic (exact) mass is 458 g/mol. The maximum atomic E-state index is 13.2. The molecule has 34 heavy (non-hydrogen) atoms. The highest BCUT2D eigenvalue weighted by Crippen LogP contribution is 2.24. The summed E-state index contributed by atoms with van der Waals surface area (Å²) in [7, 11) is 1.64. The third kappa shape index (κ3) is 5.53. The molecular weight excluding hydrogens is 428 g/mol. The summed E-state index contributed by atoms with van der Waals surface area (Å²) < 4.78 is 10.8. The SMILES string of the molecule is COc1ccc(C(CNC(=O)c2ccccc2C(=O)c2ccc(C)cc2)N2CCOCC2)cc1. The highest BCUT2D eigenvalue weighted by Gasteiger charge is 2.25. The van der Waals surface area contributed by atoms with Gasteiger partial charge in [0.2, 0.25) is 0 Å². The van der Waals surface area contributed by atoms with Gasteiger partial charge in [0.25, 0.3) is 5.91 Å². The Balaban J connectivity index is 1.53. The smallest absolute Gasteiger partial charge is 0.252 e. The van der Waals surface area contributed by atoms with Crippen LogP contribution < -0.4 is 10.1 Å². The summed E-state index contributed by atoms with van der Waals surface area (Å²) in [4.78, 5) is 28.7. The number of ether oxygens (including phenoxy) is 2. The standard InChI is InChI=1S/C28H30N2O4/c1-20-7-9-22(10-8-20)27(31)24-5-3-4-6-25(24)28(32)29-19-26(30-15-17-34-18-16-30)21-11-13-23(33-2)14-12-21/h3-14,26H,15-19H2,1-2H3,(H,29,32). The molecule has 0 aromatic heterocycles. The Morgan fingerprint density at radius 3 is 2.24 bits per heavy atom. The van der Waals surface area contributed by atoms with Crippen LogP contribution in [0.1, 0.15) is 43.4 Å². The van der Waals surface area contributed by atoms with Gasteiger partial charge in [-0.15, -0.1) is 0 Å². The van der Waals surface area contributed by atoms with Crippen LogP contribution in [0.25, 0.3) is 0 Å². The molecule has 1 aliphatic heterocycles. The van der Waals surface area contributed by atoms with Gasteiger partial charge in [-0.1, -0.05) is 60.2 Å². The van der Waals surface area contributed by atoms with Crippen LogP contribution in [0.15, 0.2) is 72.8 Å². The molecule has 1 N–H and O–H groups in total. The molecule has 3 aromatic rings. The number of rotatable bonds is 8. The summed E-state index contributed by atoms with van der Waals surface area (Å²) in [5.74, 6) is 0.366. The lowest BCUT2D eigenvalue weighted by atomic mass is 9.97. The molecule has 1 heterocycles. The average molecular weight is 459 g/mol. The number of nitrogens with one attached hydrogen (secondary N) is 1. The summed E-state index contributed by atoms with van der Waals surface area (Å²) in [5.41, 5.74) is 3.51. The molecule has 0 bridgehead atoms. The largest absolute Gasteiger partial charge is 0.497 e. The molecule has 4 rings (SSSR count). The minimum absolute atomic E-state index is 0.0151. The summed E-state index contributed by atoms with van der Waals surface area (Å²) in [5, 5.41) is 3.07. The fraction of sp³-hybridized carbons (Fsp3) is 0.286. The first kappa shape index (κ1) is 23.7. The molecule has 1 aliphatic rings. The van der Waals surface area contributed by atoms with Crippen LogP contribution in [0.3, 0.4) is 0 Å². The van der Waals surface area contributed by atoms with E-state index in [1.54, 1.807) is 43.5 Å². The highest BCUT2D eigenvalue weighted by molar-refractivity contribution is 6.15. The highest BCUT2D eigenvalue weighted by atomic mass is 16.5. The van der Waals surface area contributed by atoms with Crippen molar-refractivity contribution in [3.05, 3.63) is 101 Å². The fourth-order valence-electron chi connectivity index (χ4n) is 4.20. The quantitative estimate of drug-likeness (QED) is 0.516. The van der Waals surface area contributed by atoms with E-state index in [9.17, 15) is 9.59 Å². The van der Waals surface area contributed by atoms with Crippen LogP contribution in [0, 0.1) is 6.92 Å². The predicted octanol–water partition coefficient (Wildman–Crippen LogP) is 4.04. The zero-order valence-electron chi connectivity index (χ0n) is 19.6. The third-order valence-corrected chi connectivity index (χ3v) is 6.17. The van der Waals surface area contributed by atoms with Crippen LogP contribution in [-0.4, -0.2) is 56.5 Å². The first-order valence-electron chi connectivity index (χ1n) is 11.5. The summed E-state index contributed by atoms with van der Waals surface area (Å²) >= 11 is 0. The van der Waals surface area contributed by atoms with Crippen molar-refractivity contribution in [3.63, 3.8) is 0 Å². The van der Waals surface area contributed by atoms with Gasteiger partial charge in [-0.3, -0.25) is 14.5 Å². The topological polar surface area (TPSA) is 67.9 Å². The number of hydrogen-bond donors (Lipinski definition) is 1. The van der Waals surface area contributed by atoms with Crippen molar-refractivity contribution in [1.29, 1.82) is 0 Å². The van der Waals surface area contributed by atoms with Crippen LogP contribution in [0.5, 0.6) is 5.75 Å². The molecule has 6 nitrogen and oxygen atoms in total. The Kier molecular flexibility index (Phi) is 7.72. The van der Waals surface area contributed by atoms with Gasteiger partial charge in [0.1, 0.15) is 5.75 Å². The van der Waals surface area contributed by atoms with Gasteiger partial charge >= 0.3 is 0 Å². The van der Waals surface area contributed by atoms with Crippen LogP contribution in [-0.2, 0) is 4.74 Å². The van der Waals surface area contributed by atoms with Gasteiger partial charge in [-0.2, -0.15) is 0 Å². The Morgan fingerprint density at radius 1 is 0.941 bits per heavy atom. The van der Waals surface area contributed by atoms with Gasteiger partial charge in [-0.05, 0) is 30.7 Å². The number of amides is 1. The lowest BCUT2D eigenvalue weighted by Crippen LogP contribution is -2.44. The van der Waals surface area contributed by atoms with Gasteiger partial charge in [0.15, 0.2) is 5.78 Å². The molecule has 0 aliphatic carbocycles. The Hall–Kier alpha value is -3.48. The van der Waals surface area contributed by atoms with Crippen LogP contribution in [0.2, 0.25) is 0 Å². The van der Waals surface area contributed by atoms with Crippen molar-refractivity contribution in [3.8, 4) is 5.75 Å². The van der Waals surface area contributed by atoms with E-state index in [1.165, 1.54) is 0 Å². The first-order valence-corrected chi connectivity index (χ1v) is 11.5. The van der Waals surface area contributed by atoms with Crippen molar-refractivity contribution in [1.82, 2.24) is 10.2 Å². The van der Waals surface area contributed by atoms with E-state index in [1.807, 2.05) is 43.3 Å². The molecule has 0 radical (unpaired) electrons. The van der Waals surface area contributed by atoms with Gasteiger partial charge in [-0.25, -0.2) is 0 Å². The lowest BCUT2D eigenvalue weighted by molar-refractivity contribution is 0.0162. The molecule has 3 aromatic carbocycles. The average Bonchev–Trinajstić information content (AvgIpc) is 2.89. The molecule has 6 heteroatoms. The van der Waals surface area contributed by atoms with E-state index >= 15 is 0 Å². The first-order chi connectivity index (χ1) is 16.6. The molecule has 0 saturated carbocycles. The van der Waals surface area contributed by atoms with Crippen molar-refractivity contribution in [2.75, 3.05) is 40.0 Å². The fourth-order valence-corrected chi connectivity index (χ4v) is 4.20. The number of carbonyl (C=O) groups excluding carboxylic acids is 2. The number of aryl methyl sites for hydroxylation is 1. The summed E-state index contributed by atoms with van der Waals surface area (Å²) in [6, 6.07) is 22.3. The van der Waals surface area contributed by atoms with Crippen molar-refractivity contribution < 1.29 is 19.1 Å². The van der Waals surface area contributed by atoms with Crippen molar-refractivity contribution >= 4 is 11.7 Å². The number of carbonyl (C=O) groups is 2. The Bertz CT molecular complexity index is 1120. The normalized spacial score (nSPS) is 14.9. The number of ketones is 1. The number of methoxy groups -OCH3 is 1. The van der Waals surface area contributed by atoms with E-state index in [0.717, 1.165) is 30.0 Å². The van der Waals surface area contributed by atoms with E-state index in [0.29, 0.717) is 36.4 Å². The molecule has 1 saturated heterocycles. The molecule has 1 atom stereocenters. The minimum Gasteiger partial charge on any atom is -0.497 e. The Morgan fingerprint density at radius 2 is 1.59 bits per heavy atom. The number of morpholine rings is 1. The molecule has 176 valence electrons. The number of hydrogen-bond acceptors (Lipinski definition) is 5. The zero-order valence-corrected chi connectivity index (χ0v) is 19.6. The van der Waals surface area contributed by atoms with Crippen LogP contribution >= 0.6 is 0 Å². The van der Waals surface area contributed by atoms with E-state index in [-0.39, 0.29) is 17.7 Å². The van der Waals surface area contributed by atoms with Crippen molar-refractivity contribution in [2.24, 2.45) is 0 Å². The Labute approximate surface area is 200 Å². The van der Waals surface area contributed by atoms with Gasteiger partial charge < -0.3 is 14.8 Å². The molecule has 1 amide bonds. The number of nitrogens with zero attached hydrogens (tertiary/aromatic N) is 1. The van der Waals surface area contributed by atoms with E-state index in [2.05, 4.69) is 10.2 Å². The summed E-state index contributed by atoms with van der Waals surface area (Å²) in [6.07, 6.45) is 0. The predicted molar refractivity (Wildman–Crippen MR) is 132 cm³/mol. The van der Waals surface area contributed by atoms with E-state index in [4.69, 9.17) is 9.47 Å². The molecular formula is C28H30N2O4. The second kappa shape index (κ2) is 11.1. The summed E-state index contributed by atoms with van der Waals surface area (Å²) in [6.45, 7) is 5.29. The lowest BCUT2D eigenvalue weighted by Gasteiger charge is -2.35. The van der Waals surface area contributed by atoms with Gasteiger partial charge in [0.05, 0.1) is 31.9 Å². The van der Waals surface area contributed by atoms with Gasteiger partial charge in [0, 0.05) is 30.8 Å². The second-order valence-electron chi connectivity index (χ2n) is 8.39. The molecule has 0 spiro atoms. The van der Waals surface area contributed by atoms with Crippen LogP contribution in [0.4, 0.5) is 0 Å². The third-order valence-electron chi connectivity index (χ3n) is 6.17. The van der Waals surface area contributed by atoms with E-state index < -0.39 is 0 Å². The molecule has 1 fully saturated rings. The minimum atomic E-state index is -0.261. The number of benzene rings is 3. The zero-order chi connectivity index (χ0) is 23.9. The molecule has 1 unspecified atom stereocenters. The maximum Gasteiger partial charge on any atom is 0.252 e. The second-order valence-corrected chi connectivity index (χ2v) is 8.39. The maximum absolute atomic E-state index is 13.2.